The molecule has 0 spiro atoms. The normalized spacial score (nSPS) is 16.2. The molecule has 5 heteroatoms. The minimum absolute atomic E-state index is 0.700. The van der Waals surface area contributed by atoms with Gasteiger partial charge in [0.25, 0.3) is 0 Å². The lowest BCUT2D eigenvalue weighted by Gasteiger charge is -2.33. The molecule has 2 aromatic rings. The van der Waals surface area contributed by atoms with Crippen LogP contribution >= 0.6 is 0 Å². The Hall–Kier alpha value is -2.30. The summed E-state index contributed by atoms with van der Waals surface area (Å²) < 4.78 is 1.96. The van der Waals surface area contributed by atoms with Crippen molar-refractivity contribution in [3.63, 3.8) is 0 Å². The fourth-order valence-corrected chi connectivity index (χ4v) is 3.24. The van der Waals surface area contributed by atoms with Crippen LogP contribution in [0.15, 0.2) is 47.7 Å². The van der Waals surface area contributed by atoms with Crippen LogP contribution in [0.4, 0.5) is 0 Å². The van der Waals surface area contributed by atoms with E-state index in [-0.39, 0.29) is 0 Å². The van der Waals surface area contributed by atoms with Gasteiger partial charge < -0.3 is 10.2 Å². The van der Waals surface area contributed by atoms with Gasteiger partial charge in [-0.1, -0.05) is 31.2 Å². The number of benzene rings is 1. The first kappa shape index (κ1) is 17.5. The molecule has 1 N–H and O–H groups in total. The van der Waals surface area contributed by atoms with Crippen LogP contribution in [0.3, 0.4) is 0 Å². The summed E-state index contributed by atoms with van der Waals surface area (Å²) in [5.74, 6) is 1.87. The molecule has 1 aliphatic heterocycles. The molecule has 5 nitrogen and oxygen atoms in total. The number of nitrogens with one attached hydrogen (secondary N) is 1. The van der Waals surface area contributed by atoms with E-state index in [9.17, 15) is 0 Å². The maximum atomic E-state index is 4.92. The number of hydrogen-bond donors (Lipinski definition) is 1. The van der Waals surface area contributed by atoms with E-state index in [0.29, 0.717) is 6.54 Å². The Labute approximate surface area is 150 Å². The second-order valence-corrected chi connectivity index (χ2v) is 6.81. The zero-order valence-electron chi connectivity index (χ0n) is 15.4. The van der Waals surface area contributed by atoms with E-state index < -0.39 is 0 Å². The minimum atomic E-state index is 0.700. The third-order valence-corrected chi connectivity index (χ3v) is 4.83. The summed E-state index contributed by atoms with van der Waals surface area (Å²) >= 11 is 0. The second-order valence-electron chi connectivity index (χ2n) is 6.81. The Kier molecular flexibility index (Phi) is 6.09. The first-order valence-corrected chi connectivity index (χ1v) is 9.33. The first-order valence-electron chi connectivity index (χ1n) is 9.33. The standard InChI is InChI=1S/C20H29N5/c1-3-21-20(24-13-9-17(2)10-14-24)22-15-18-7-4-5-8-19(18)16-25-12-6-11-23-25/h4-8,11-12,17H,3,9-10,13-16H2,1-2H3,(H,21,22). The smallest absolute Gasteiger partial charge is 0.194 e. The molecule has 0 unspecified atom stereocenters. The van der Waals surface area contributed by atoms with Crippen LogP contribution in [-0.2, 0) is 13.1 Å². The van der Waals surface area contributed by atoms with Crippen LogP contribution in [0.5, 0.6) is 0 Å². The maximum Gasteiger partial charge on any atom is 0.194 e. The fourth-order valence-electron chi connectivity index (χ4n) is 3.24. The van der Waals surface area contributed by atoms with Gasteiger partial charge in [0.05, 0.1) is 13.1 Å². The summed E-state index contributed by atoms with van der Waals surface area (Å²) in [7, 11) is 0. The minimum Gasteiger partial charge on any atom is -0.357 e. The molecule has 1 saturated heterocycles. The molecule has 0 saturated carbocycles. The fraction of sp³-hybridized carbons (Fsp3) is 0.500. The number of guanidine groups is 1. The first-order chi connectivity index (χ1) is 12.3. The van der Waals surface area contributed by atoms with Crippen molar-refractivity contribution in [2.75, 3.05) is 19.6 Å². The summed E-state index contributed by atoms with van der Waals surface area (Å²) in [6.07, 6.45) is 6.32. The number of likely N-dealkylation sites (tertiary alicyclic amines) is 1. The van der Waals surface area contributed by atoms with Crippen molar-refractivity contribution >= 4 is 5.96 Å². The molecule has 2 heterocycles. The van der Waals surface area contributed by atoms with Gasteiger partial charge in [0.1, 0.15) is 0 Å². The van der Waals surface area contributed by atoms with Crippen LogP contribution in [0.2, 0.25) is 0 Å². The van der Waals surface area contributed by atoms with Gasteiger partial charge in [0.2, 0.25) is 0 Å². The number of aliphatic imine (C=N–C) groups is 1. The van der Waals surface area contributed by atoms with Crippen molar-refractivity contribution in [2.45, 2.75) is 39.8 Å². The second kappa shape index (κ2) is 8.70. The molecule has 1 aromatic carbocycles. The molecular weight excluding hydrogens is 310 g/mol. The van der Waals surface area contributed by atoms with Crippen molar-refractivity contribution in [1.29, 1.82) is 0 Å². The monoisotopic (exact) mass is 339 g/mol. The molecule has 1 aliphatic rings. The van der Waals surface area contributed by atoms with Gasteiger partial charge in [-0.25, -0.2) is 4.99 Å². The zero-order valence-corrected chi connectivity index (χ0v) is 15.4. The SMILES string of the molecule is CCNC(=NCc1ccccc1Cn1cccn1)N1CCC(C)CC1. The number of piperidine rings is 1. The maximum absolute atomic E-state index is 4.92. The van der Waals surface area contributed by atoms with Crippen LogP contribution in [-0.4, -0.2) is 40.3 Å². The average Bonchev–Trinajstić information content (AvgIpc) is 3.14. The molecule has 1 fully saturated rings. The predicted molar refractivity (Wildman–Crippen MR) is 103 cm³/mol. The van der Waals surface area contributed by atoms with E-state index in [0.717, 1.165) is 38.1 Å². The van der Waals surface area contributed by atoms with E-state index >= 15 is 0 Å². The number of hydrogen-bond acceptors (Lipinski definition) is 2. The molecule has 25 heavy (non-hydrogen) atoms. The molecule has 0 atom stereocenters. The highest BCUT2D eigenvalue weighted by molar-refractivity contribution is 5.80. The van der Waals surface area contributed by atoms with Gasteiger partial charge in [0, 0.05) is 32.0 Å². The van der Waals surface area contributed by atoms with Crippen molar-refractivity contribution in [1.82, 2.24) is 20.0 Å². The summed E-state index contributed by atoms with van der Waals surface area (Å²) in [5, 5.41) is 7.78. The van der Waals surface area contributed by atoms with Gasteiger partial charge in [0.15, 0.2) is 5.96 Å². The zero-order chi connectivity index (χ0) is 17.5. The lowest BCUT2D eigenvalue weighted by molar-refractivity contribution is 0.273. The van der Waals surface area contributed by atoms with Crippen molar-refractivity contribution in [3.8, 4) is 0 Å². The molecule has 3 rings (SSSR count). The predicted octanol–water partition coefficient (Wildman–Crippen LogP) is 3.13. The van der Waals surface area contributed by atoms with Gasteiger partial charge >= 0.3 is 0 Å². The highest BCUT2D eigenvalue weighted by Gasteiger charge is 2.18. The van der Waals surface area contributed by atoms with Crippen LogP contribution in [0.1, 0.15) is 37.8 Å². The molecule has 1 aromatic heterocycles. The Morgan fingerprint density at radius 1 is 1.20 bits per heavy atom. The summed E-state index contributed by atoms with van der Waals surface area (Å²) in [4.78, 5) is 7.33. The van der Waals surface area contributed by atoms with Gasteiger partial charge in [-0.15, -0.1) is 0 Å². The largest absolute Gasteiger partial charge is 0.357 e. The van der Waals surface area contributed by atoms with E-state index in [1.54, 1.807) is 0 Å². The average molecular weight is 339 g/mol. The van der Waals surface area contributed by atoms with Crippen molar-refractivity contribution in [2.24, 2.45) is 10.9 Å². The molecule has 0 amide bonds. The lowest BCUT2D eigenvalue weighted by atomic mass is 9.99. The summed E-state index contributed by atoms with van der Waals surface area (Å²) in [6, 6.07) is 10.5. The third-order valence-electron chi connectivity index (χ3n) is 4.83. The number of aromatic nitrogens is 2. The number of rotatable bonds is 5. The Bertz CT molecular complexity index is 669. The highest BCUT2D eigenvalue weighted by Crippen LogP contribution is 2.17. The van der Waals surface area contributed by atoms with Crippen LogP contribution in [0.25, 0.3) is 0 Å². The van der Waals surface area contributed by atoms with Crippen LogP contribution < -0.4 is 5.32 Å². The van der Waals surface area contributed by atoms with Gasteiger partial charge in [-0.05, 0) is 42.9 Å². The topological polar surface area (TPSA) is 45.5 Å². The third kappa shape index (κ3) is 4.84. The van der Waals surface area contributed by atoms with E-state index in [2.05, 4.69) is 53.4 Å². The Morgan fingerprint density at radius 3 is 2.64 bits per heavy atom. The van der Waals surface area contributed by atoms with Crippen molar-refractivity contribution in [3.05, 3.63) is 53.9 Å². The van der Waals surface area contributed by atoms with Crippen molar-refractivity contribution < 1.29 is 0 Å². The molecular formula is C20H29N5. The quantitative estimate of drug-likeness (QED) is 0.672. The molecule has 0 bridgehead atoms. The lowest BCUT2D eigenvalue weighted by Crippen LogP contribution is -2.45. The van der Waals surface area contributed by atoms with E-state index in [4.69, 9.17) is 4.99 Å². The molecule has 134 valence electrons. The number of nitrogens with zero attached hydrogens (tertiary/aromatic N) is 4. The van der Waals surface area contributed by atoms with E-state index in [1.807, 2.05) is 23.1 Å². The highest BCUT2D eigenvalue weighted by atomic mass is 15.3. The van der Waals surface area contributed by atoms with Gasteiger partial charge in [-0.3, -0.25) is 4.68 Å². The summed E-state index contributed by atoms with van der Waals surface area (Å²) in [5.41, 5.74) is 2.54. The van der Waals surface area contributed by atoms with Gasteiger partial charge in [-0.2, -0.15) is 5.10 Å². The Morgan fingerprint density at radius 2 is 1.96 bits per heavy atom. The van der Waals surface area contributed by atoms with E-state index in [1.165, 1.54) is 24.0 Å². The summed E-state index contributed by atoms with van der Waals surface area (Å²) in [6.45, 7) is 9.06. The Balaban J connectivity index is 1.72. The van der Waals surface area contributed by atoms with Crippen LogP contribution in [0, 0.1) is 5.92 Å². The molecule has 0 radical (unpaired) electrons. The molecule has 0 aliphatic carbocycles.